The molecule has 0 radical (unpaired) electrons. The van der Waals surface area contributed by atoms with Gasteiger partial charge in [0, 0.05) is 42.8 Å². The van der Waals surface area contributed by atoms with Gasteiger partial charge >= 0.3 is 0 Å². The van der Waals surface area contributed by atoms with Crippen molar-refractivity contribution in [2.75, 3.05) is 19.9 Å². The van der Waals surface area contributed by atoms with E-state index in [2.05, 4.69) is 15.0 Å². The molecule has 0 atom stereocenters. The Morgan fingerprint density at radius 2 is 1.89 bits per heavy atom. The number of nitrogens with zero attached hydrogens (tertiary/aromatic N) is 1. The predicted octanol–water partition coefficient (Wildman–Crippen LogP) is 2.45. The fourth-order valence-corrected chi connectivity index (χ4v) is 4.22. The molecule has 28 heavy (non-hydrogen) atoms. The lowest BCUT2D eigenvalue weighted by Crippen LogP contribution is -2.31. The Hall–Kier alpha value is -2.39. The summed E-state index contributed by atoms with van der Waals surface area (Å²) in [6, 6.07) is 12.6. The highest BCUT2D eigenvalue weighted by molar-refractivity contribution is 7.89. The van der Waals surface area contributed by atoms with Crippen LogP contribution in [0.4, 0.5) is 0 Å². The van der Waals surface area contributed by atoms with E-state index in [1.807, 2.05) is 24.3 Å². The van der Waals surface area contributed by atoms with Gasteiger partial charge in [0.2, 0.25) is 16.8 Å². The van der Waals surface area contributed by atoms with Gasteiger partial charge in [-0.15, -0.1) is 12.4 Å². The third-order valence-corrected chi connectivity index (χ3v) is 5.81. The summed E-state index contributed by atoms with van der Waals surface area (Å²) in [5, 5.41) is 4.67. The Morgan fingerprint density at radius 3 is 2.79 bits per heavy atom. The molecule has 1 aromatic heterocycles. The Bertz CT molecular complexity index is 1070. The van der Waals surface area contributed by atoms with E-state index in [0.717, 1.165) is 22.4 Å². The van der Waals surface area contributed by atoms with Crippen molar-refractivity contribution in [3.05, 3.63) is 60.4 Å². The van der Waals surface area contributed by atoms with Gasteiger partial charge in [-0.05, 0) is 29.8 Å². The minimum absolute atomic E-state index is 0. The largest absolute Gasteiger partial charge is 0.454 e. The molecule has 3 aromatic rings. The molecule has 2 N–H and O–H groups in total. The molecular weight excluding hydrogens is 402 g/mol. The molecule has 0 saturated heterocycles. The summed E-state index contributed by atoms with van der Waals surface area (Å²) < 4.78 is 38.5. The average molecular weight is 422 g/mol. The van der Waals surface area contributed by atoms with Gasteiger partial charge in [-0.1, -0.05) is 18.2 Å². The van der Waals surface area contributed by atoms with E-state index in [-0.39, 0.29) is 30.6 Å². The second-order valence-corrected chi connectivity index (χ2v) is 7.85. The molecule has 0 aliphatic carbocycles. The number of rotatable bonds is 7. The van der Waals surface area contributed by atoms with Crippen LogP contribution in [0, 0.1) is 0 Å². The van der Waals surface area contributed by atoms with E-state index in [9.17, 15) is 8.42 Å². The lowest BCUT2D eigenvalue weighted by atomic mass is 10.2. The number of benzene rings is 2. The first-order valence-electron chi connectivity index (χ1n) is 8.55. The van der Waals surface area contributed by atoms with Crippen molar-refractivity contribution < 1.29 is 17.9 Å². The van der Waals surface area contributed by atoms with Gasteiger partial charge in [-0.3, -0.25) is 4.98 Å². The lowest BCUT2D eigenvalue weighted by Gasteiger charge is -2.10. The van der Waals surface area contributed by atoms with Gasteiger partial charge in [-0.2, -0.15) is 0 Å². The molecule has 148 valence electrons. The second kappa shape index (κ2) is 8.74. The summed E-state index contributed by atoms with van der Waals surface area (Å²) in [7, 11) is -3.59. The van der Waals surface area contributed by atoms with Crippen LogP contribution in [0.5, 0.6) is 11.5 Å². The van der Waals surface area contributed by atoms with Gasteiger partial charge in [0.15, 0.2) is 11.5 Å². The zero-order chi connectivity index (χ0) is 18.7. The first-order valence-corrected chi connectivity index (χ1v) is 10.0. The van der Waals surface area contributed by atoms with Crippen LogP contribution < -0.4 is 19.5 Å². The van der Waals surface area contributed by atoms with Gasteiger partial charge in [0.1, 0.15) is 0 Å². The number of hydrogen-bond donors (Lipinski definition) is 2. The molecule has 1 aliphatic rings. The smallest absolute Gasteiger partial charge is 0.241 e. The molecule has 0 amide bonds. The minimum Gasteiger partial charge on any atom is -0.454 e. The molecule has 2 heterocycles. The maximum atomic E-state index is 12.6. The number of fused-ring (bicyclic) bond motifs is 2. The molecule has 1 aliphatic heterocycles. The molecule has 0 unspecified atom stereocenters. The van der Waals surface area contributed by atoms with Crippen LogP contribution >= 0.6 is 12.4 Å². The number of sulfonamides is 1. The van der Waals surface area contributed by atoms with Crippen molar-refractivity contribution in [3.63, 3.8) is 0 Å². The summed E-state index contributed by atoms with van der Waals surface area (Å²) in [5.41, 5.74) is 1.05. The van der Waals surface area contributed by atoms with Gasteiger partial charge in [0.05, 0.1) is 4.90 Å². The van der Waals surface area contributed by atoms with Gasteiger partial charge in [-0.25, -0.2) is 13.1 Å². The SMILES string of the molecule is Cl.O=S(=O)(NCCNCc1ccc2c(c1)OCO2)c1cccc2cnccc12. The van der Waals surface area contributed by atoms with Crippen LogP contribution in [0.2, 0.25) is 0 Å². The van der Waals surface area contributed by atoms with E-state index in [4.69, 9.17) is 9.47 Å². The molecular formula is C19H20ClN3O4S. The summed E-state index contributed by atoms with van der Waals surface area (Å²) in [4.78, 5) is 4.29. The molecule has 9 heteroatoms. The molecule has 4 rings (SSSR count). The zero-order valence-corrected chi connectivity index (χ0v) is 16.6. The van der Waals surface area contributed by atoms with Crippen molar-refractivity contribution in [3.8, 4) is 11.5 Å². The normalized spacial score (nSPS) is 12.7. The first kappa shape index (κ1) is 20.3. The van der Waals surface area contributed by atoms with Crippen LogP contribution in [-0.4, -0.2) is 33.3 Å². The topological polar surface area (TPSA) is 89.6 Å². The second-order valence-electron chi connectivity index (χ2n) is 6.12. The fraction of sp³-hybridized carbons (Fsp3) is 0.211. The quantitative estimate of drug-likeness (QED) is 0.569. The molecule has 0 saturated carbocycles. The maximum absolute atomic E-state index is 12.6. The number of nitrogens with one attached hydrogen (secondary N) is 2. The van der Waals surface area contributed by atoms with E-state index < -0.39 is 10.0 Å². The number of ether oxygens (including phenoxy) is 2. The van der Waals surface area contributed by atoms with Crippen LogP contribution in [0.1, 0.15) is 5.56 Å². The van der Waals surface area contributed by atoms with Crippen molar-refractivity contribution in [2.24, 2.45) is 0 Å². The van der Waals surface area contributed by atoms with Gasteiger partial charge in [0.25, 0.3) is 0 Å². The zero-order valence-electron chi connectivity index (χ0n) is 14.9. The van der Waals surface area contributed by atoms with Gasteiger partial charge < -0.3 is 14.8 Å². The standard InChI is InChI=1S/C19H19N3O4S.ClH/c23-27(24,19-3-1-2-15-12-20-7-6-16(15)19)22-9-8-21-11-14-4-5-17-18(10-14)26-13-25-17;/h1-7,10,12,21-22H,8-9,11,13H2;1H. The summed E-state index contributed by atoms with van der Waals surface area (Å²) in [6.45, 7) is 1.64. The molecule has 7 nitrogen and oxygen atoms in total. The number of halogens is 1. The number of pyridine rings is 1. The molecule has 0 spiro atoms. The highest BCUT2D eigenvalue weighted by atomic mass is 35.5. The minimum atomic E-state index is -3.59. The van der Waals surface area contributed by atoms with Crippen LogP contribution in [0.25, 0.3) is 10.8 Å². The summed E-state index contributed by atoms with van der Waals surface area (Å²) >= 11 is 0. The molecule has 2 aromatic carbocycles. The molecule has 0 fully saturated rings. The Balaban J connectivity index is 0.00000225. The van der Waals surface area contributed by atoms with Crippen molar-refractivity contribution in [2.45, 2.75) is 11.4 Å². The fourth-order valence-electron chi connectivity index (χ4n) is 2.96. The highest BCUT2D eigenvalue weighted by Gasteiger charge is 2.16. The Morgan fingerprint density at radius 1 is 1.04 bits per heavy atom. The highest BCUT2D eigenvalue weighted by Crippen LogP contribution is 2.32. The monoisotopic (exact) mass is 421 g/mol. The van der Waals surface area contributed by atoms with Crippen molar-refractivity contribution in [1.29, 1.82) is 0 Å². The molecule has 0 bridgehead atoms. The van der Waals surface area contributed by atoms with E-state index >= 15 is 0 Å². The van der Waals surface area contributed by atoms with E-state index in [0.29, 0.717) is 18.5 Å². The van der Waals surface area contributed by atoms with Crippen LogP contribution in [-0.2, 0) is 16.6 Å². The van der Waals surface area contributed by atoms with Crippen LogP contribution in [0.15, 0.2) is 59.8 Å². The predicted molar refractivity (Wildman–Crippen MR) is 108 cm³/mol. The lowest BCUT2D eigenvalue weighted by molar-refractivity contribution is 0.174. The number of aromatic nitrogens is 1. The first-order chi connectivity index (χ1) is 13.1. The van der Waals surface area contributed by atoms with Crippen molar-refractivity contribution in [1.82, 2.24) is 15.0 Å². The third-order valence-electron chi connectivity index (χ3n) is 4.29. The maximum Gasteiger partial charge on any atom is 0.241 e. The summed E-state index contributed by atoms with van der Waals surface area (Å²) in [6.07, 6.45) is 3.25. The Labute approximate surface area is 169 Å². The van der Waals surface area contributed by atoms with E-state index in [1.165, 1.54) is 0 Å². The third kappa shape index (κ3) is 4.36. The Kier molecular flexibility index (Phi) is 6.35. The van der Waals surface area contributed by atoms with Crippen LogP contribution in [0.3, 0.4) is 0 Å². The summed E-state index contributed by atoms with van der Waals surface area (Å²) in [5.74, 6) is 1.48. The number of hydrogen-bond acceptors (Lipinski definition) is 6. The average Bonchev–Trinajstić information content (AvgIpc) is 3.15. The van der Waals surface area contributed by atoms with E-state index in [1.54, 1.807) is 30.6 Å². The van der Waals surface area contributed by atoms with Crippen molar-refractivity contribution >= 4 is 33.2 Å².